The van der Waals surface area contributed by atoms with Crippen molar-refractivity contribution in [1.29, 1.82) is 0 Å². The van der Waals surface area contributed by atoms with Crippen LogP contribution in [0.4, 0.5) is 0 Å². The monoisotopic (exact) mass is 335 g/mol. The lowest BCUT2D eigenvalue weighted by Crippen LogP contribution is -2.46. The summed E-state index contributed by atoms with van der Waals surface area (Å²) < 4.78 is 32.2. The van der Waals surface area contributed by atoms with Gasteiger partial charge in [0, 0.05) is 31.9 Å². The van der Waals surface area contributed by atoms with E-state index in [4.69, 9.17) is 16.3 Å². The molecule has 9 heteroatoms. The summed E-state index contributed by atoms with van der Waals surface area (Å²) in [5.74, 6) is 0. The number of aromatic nitrogens is 1. The Bertz CT molecular complexity index is 640. The molecule has 0 aliphatic carbocycles. The summed E-state index contributed by atoms with van der Waals surface area (Å²) in [6.45, 7) is 5.29. The van der Waals surface area contributed by atoms with Crippen LogP contribution in [-0.4, -0.2) is 57.2 Å². The maximum absolute atomic E-state index is 12.2. The van der Waals surface area contributed by atoms with Crippen molar-refractivity contribution in [3.8, 4) is 0 Å². The van der Waals surface area contributed by atoms with Gasteiger partial charge in [0.25, 0.3) is 5.56 Å². The van der Waals surface area contributed by atoms with E-state index < -0.39 is 15.6 Å². The zero-order chi connectivity index (χ0) is 15.5. The minimum Gasteiger partial charge on any atom is -0.379 e. The second-order valence-electron chi connectivity index (χ2n) is 4.95. The molecule has 0 aromatic carbocycles. The summed E-state index contributed by atoms with van der Waals surface area (Å²) in [6, 6.07) is 0.878. The number of sulfonamides is 1. The van der Waals surface area contributed by atoms with E-state index in [-0.39, 0.29) is 16.0 Å². The molecule has 1 unspecified atom stereocenters. The zero-order valence-electron chi connectivity index (χ0n) is 11.6. The number of nitrogens with one attached hydrogen (secondary N) is 2. The second kappa shape index (κ2) is 6.89. The van der Waals surface area contributed by atoms with Gasteiger partial charge >= 0.3 is 0 Å². The molecule has 0 bridgehead atoms. The molecule has 0 saturated carbocycles. The molecular weight excluding hydrogens is 318 g/mol. The highest BCUT2D eigenvalue weighted by Gasteiger charge is 2.21. The summed E-state index contributed by atoms with van der Waals surface area (Å²) in [5.41, 5.74) is -0.517. The average molecular weight is 336 g/mol. The Kier molecular flexibility index (Phi) is 5.39. The molecule has 0 radical (unpaired) electrons. The maximum Gasteiger partial charge on any atom is 0.266 e. The first-order valence-corrected chi connectivity index (χ1v) is 8.45. The van der Waals surface area contributed by atoms with Crippen molar-refractivity contribution in [1.82, 2.24) is 14.6 Å². The fourth-order valence-corrected chi connectivity index (χ4v) is 3.60. The van der Waals surface area contributed by atoms with Crippen molar-refractivity contribution in [2.24, 2.45) is 0 Å². The first-order valence-electron chi connectivity index (χ1n) is 6.59. The van der Waals surface area contributed by atoms with Gasteiger partial charge in [0.1, 0.15) is 5.02 Å². The van der Waals surface area contributed by atoms with E-state index in [1.165, 1.54) is 0 Å². The van der Waals surface area contributed by atoms with Crippen LogP contribution < -0.4 is 10.3 Å². The Morgan fingerprint density at radius 2 is 2.14 bits per heavy atom. The second-order valence-corrected chi connectivity index (χ2v) is 7.07. The summed E-state index contributed by atoms with van der Waals surface area (Å²) in [5, 5.41) is -0.154. The number of ether oxygens (including phenoxy) is 1. The van der Waals surface area contributed by atoms with Gasteiger partial charge in [-0.15, -0.1) is 0 Å². The fourth-order valence-electron chi connectivity index (χ4n) is 2.13. The zero-order valence-corrected chi connectivity index (χ0v) is 13.2. The third-order valence-corrected chi connectivity index (χ3v) is 4.98. The molecule has 0 spiro atoms. The number of pyridine rings is 1. The number of nitrogens with zero attached hydrogens (tertiary/aromatic N) is 1. The van der Waals surface area contributed by atoms with Crippen LogP contribution >= 0.6 is 11.6 Å². The molecule has 1 aromatic rings. The lowest BCUT2D eigenvalue weighted by Gasteiger charge is -2.29. The van der Waals surface area contributed by atoms with Crippen molar-refractivity contribution in [3.05, 3.63) is 27.6 Å². The third kappa shape index (κ3) is 4.52. The minimum atomic E-state index is -3.71. The van der Waals surface area contributed by atoms with Gasteiger partial charge in [-0.1, -0.05) is 11.6 Å². The standard InChI is InChI=1S/C12H18ClN3O4S/c1-9(8-16-2-4-20-5-3-16)15-21(18,19)10-6-11(13)12(17)14-7-10/h6-7,9,15H,2-5,8H2,1H3,(H,14,17). The number of rotatable bonds is 5. The van der Waals surface area contributed by atoms with Gasteiger partial charge in [0.2, 0.25) is 10.0 Å². The van der Waals surface area contributed by atoms with Crippen LogP contribution in [0.25, 0.3) is 0 Å². The van der Waals surface area contributed by atoms with Crippen molar-refractivity contribution in [2.75, 3.05) is 32.8 Å². The van der Waals surface area contributed by atoms with E-state index in [2.05, 4.69) is 14.6 Å². The van der Waals surface area contributed by atoms with Gasteiger partial charge in [0.15, 0.2) is 0 Å². The summed E-state index contributed by atoms with van der Waals surface area (Å²) in [6.07, 6.45) is 1.14. The highest BCUT2D eigenvalue weighted by atomic mass is 35.5. The number of aromatic amines is 1. The number of halogens is 1. The van der Waals surface area contributed by atoms with E-state index >= 15 is 0 Å². The van der Waals surface area contributed by atoms with Crippen molar-refractivity contribution in [2.45, 2.75) is 17.9 Å². The number of morpholine rings is 1. The van der Waals surface area contributed by atoms with E-state index in [1.807, 2.05) is 0 Å². The van der Waals surface area contributed by atoms with Crippen LogP contribution in [0, 0.1) is 0 Å². The van der Waals surface area contributed by atoms with Gasteiger partial charge in [-0.3, -0.25) is 9.69 Å². The summed E-state index contributed by atoms with van der Waals surface area (Å²) >= 11 is 5.65. The number of H-pyrrole nitrogens is 1. The van der Waals surface area contributed by atoms with Gasteiger partial charge in [-0.2, -0.15) is 0 Å². The fraction of sp³-hybridized carbons (Fsp3) is 0.583. The molecule has 1 fully saturated rings. The molecular formula is C12H18ClN3O4S. The maximum atomic E-state index is 12.2. The number of hydrogen-bond acceptors (Lipinski definition) is 5. The van der Waals surface area contributed by atoms with Crippen molar-refractivity contribution in [3.63, 3.8) is 0 Å². The van der Waals surface area contributed by atoms with Crippen LogP contribution in [-0.2, 0) is 14.8 Å². The van der Waals surface area contributed by atoms with Crippen LogP contribution in [0.1, 0.15) is 6.92 Å². The highest BCUT2D eigenvalue weighted by molar-refractivity contribution is 7.89. The Labute approximate surface area is 128 Å². The van der Waals surface area contributed by atoms with Crippen LogP contribution in [0.2, 0.25) is 5.02 Å². The SMILES string of the molecule is CC(CN1CCOCC1)NS(=O)(=O)c1c[nH]c(=O)c(Cl)c1. The molecule has 1 aliphatic rings. The predicted octanol–water partition coefficient (Wildman–Crippen LogP) is 0.0273. The molecule has 0 amide bonds. The quantitative estimate of drug-likeness (QED) is 0.792. The van der Waals surface area contributed by atoms with Crippen LogP contribution in [0.5, 0.6) is 0 Å². The van der Waals surface area contributed by atoms with Crippen molar-refractivity contribution < 1.29 is 13.2 Å². The Hall–Kier alpha value is -0.930. The summed E-state index contributed by atoms with van der Waals surface area (Å²) in [7, 11) is -3.71. The highest BCUT2D eigenvalue weighted by Crippen LogP contribution is 2.11. The molecule has 2 heterocycles. The first-order chi connectivity index (χ1) is 9.88. The predicted molar refractivity (Wildman–Crippen MR) is 79.1 cm³/mol. The van der Waals surface area contributed by atoms with Gasteiger partial charge in [0.05, 0.1) is 18.1 Å². The normalized spacial score (nSPS) is 18.6. The van der Waals surface area contributed by atoms with Crippen LogP contribution in [0.3, 0.4) is 0 Å². The third-order valence-electron chi connectivity index (χ3n) is 3.13. The largest absolute Gasteiger partial charge is 0.379 e. The van der Waals surface area contributed by atoms with Crippen LogP contribution in [0.15, 0.2) is 22.0 Å². The minimum absolute atomic E-state index is 0.0547. The Morgan fingerprint density at radius 1 is 1.48 bits per heavy atom. The number of hydrogen-bond donors (Lipinski definition) is 2. The smallest absolute Gasteiger partial charge is 0.266 e. The lowest BCUT2D eigenvalue weighted by atomic mass is 10.3. The molecule has 21 heavy (non-hydrogen) atoms. The van der Waals surface area contributed by atoms with Gasteiger partial charge in [-0.25, -0.2) is 13.1 Å². The van der Waals surface area contributed by atoms with E-state index in [9.17, 15) is 13.2 Å². The van der Waals surface area contributed by atoms with E-state index in [0.717, 1.165) is 25.4 Å². The molecule has 2 rings (SSSR count). The van der Waals surface area contributed by atoms with Crippen molar-refractivity contribution >= 4 is 21.6 Å². The lowest BCUT2D eigenvalue weighted by molar-refractivity contribution is 0.0354. The topological polar surface area (TPSA) is 91.5 Å². The van der Waals surface area contributed by atoms with Gasteiger partial charge in [-0.05, 0) is 13.0 Å². The van der Waals surface area contributed by atoms with Gasteiger partial charge < -0.3 is 9.72 Å². The Morgan fingerprint density at radius 3 is 2.76 bits per heavy atom. The molecule has 1 atom stereocenters. The average Bonchev–Trinajstić information content (AvgIpc) is 2.42. The molecule has 1 saturated heterocycles. The van der Waals surface area contributed by atoms with E-state index in [0.29, 0.717) is 19.8 Å². The molecule has 2 N–H and O–H groups in total. The molecule has 1 aliphatic heterocycles. The first kappa shape index (κ1) is 16.4. The summed E-state index contributed by atoms with van der Waals surface area (Å²) in [4.78, 5) is 15.5. The van der Waals surface area contributed by atoms with E-state index in [1.54, 1.807) is 6.92 Å². The molecule has 118 valence electrons. The molecule has 1 aromatic heterocycles. The molecule has 7 nitrogen and oxygen atoms in total. The Balaban J connectivity index is 2.02.